The van der Waals surface area contributed by atoms with Crippen LogP contribution < -0.4 is 0 Å². The number of carbonyl (C=O) groups is 1. The van der Waals surface area contributed by atoms with Crippen LogP contribution >= 0.6 is 0 Å². The second-order valence-corrected chi connectivity index (χ2v) is 5.83. The molecule has 4 rings (SSSR count). The fourth-order valence-electron chi connectivity index (χ4n) is 3.61. The maximum Gasteiger partial charge on any atom is 0.256 e. The third-order valence-corrected chi connectivity index (χ3v) is 4.69. The molecule has 104 valence electrons. The van der Waals surface area contributed by atoms with Gasteiger partial charge in [0.25, 0.3) is 5.91 Å². The lowest BCUT2D eigenvalue weighted by molar-refractivity contribution is 0.0573. The van der Waals surface area contributed by atoms with Crippen LogP contribution in [0.4, 0.5) is 0 Å². The Labute approximate surface area is 118 Å². The zero-order valence-corrected chi connectivity index (χ0v) is 11.5. The molecule has 0 spiro atoms. The molecular formula is C16H19N3O. The Balaban J connectivity index is 1.62. The van der Waals surface area contributed by atoms with E-state index in [-0.39, 0.29) is 5.91 Å². The van der Waals surface area contributed by atoms with Crippen molar-refractivity contribution in [2.75, 3.05) is 26.2 Å². The van der Waals surface area contributed by atoms with Crippen LogP contribution in [-0.2, 0) is 0 Å². The van der Waals surface area contributed by atoms with Crippen LogP contribution in [0.25, 0.3) is 10.9 Å². The quantitative estimate of drug-likeness (QED) is 0.861. The molecule has 1 unspecified atom stereocenters. The van der Waals surface area contributed by atoms with Crippen molar-refractivity contribution >= 4 is 16.8 Å². The van der Waals surface area contributed by atoms with Crippen molar-refractivity contribution in [2.45, 2.75) is 18.9 Å². The number of benzene rings is 1. The molecular weight excluding hydrogens is 250 g/mol. The number of H-pyrrole nitrogens is 1. The van der Waals surface area contributed by atoms with Crippen LogP contribution in [0, 0.1) is 0 Å². The van der Waals surface area contributed by atoms with Crippen LogP contribution in [0.5, 0.6) is 0 Å². The number of hydrogen-bond donors (Lipinski definition) is 1. The van der Waals surface area contributed by atoms with E-state index in [4.69, 9.17) is 0 Å². The minimum Gasteiger partial charge on any atom is -0.361 e. The number of hydrogen-bond acceptors (Lipinski definition) is 2. The molecule has 2 fully saturated rings. The molecule has 0 radical (unpaired) electrons. The average molecular weight is 269 g/mol. The molecule has 1 atom stereocenters. The molecule has 1 aromatic carbocycles. The van der Waals surface area contributed by atoms with Gasteiger partial charge < -0.3 is 9.88 Å². The van der Waals surface area contributed by atoms with Gasteiger partial charge in [0.1, 0.15) is 0 Å². The largest absolute Gasteiger partial charge is 0.361 e. The normalized spacial score (nSPS) is 23.2. The second kappa shape index (κ2) is 4.63. The lowest BCUT2D eigenvalue weighted by Gasteiger charge is -2.37. The summed E-state index contributed by atoms with van der Waals surface area (Å²) in [5, 5.41) is 1.11. The summed E-state index contributed by atoms with van der Waals surface area (Å²) in [6.45, 7) is 3.97. The summed E-state index contributed by atoms with van der Waals surface area (Å²) in [7, 11) is 0. The standard InChI is InChI=1S/C16H19N3O/c20-16(14-5-1-3-12-6-7-17-15(12)14)19-10-9-18-8-2-4-13(18)11-19/h1,3,5-7,13,17H,2,4,8-11H2. The van der Waals surface area contributed by atoms with Gasteiger partial charge >= 0.3 is 0 Å². The maximum absolute atomic E-state index is 12.8. The maximum atomic E-state index is 12.8. The Morgan fingerprint density at radius 3 is 3.10 bits per heavy atom. The summed E-state index contributed by atoms with van der Waals surface area (Å²) in [5.74, 6) is 0.171. The molecule has 0 saturated carbocycles. The molecule has 4 heteroatoms. The van der Waals surface area contributed by atoms with E-state index in [0.29, 0.717) is 6.04 Å². The molecule has 0 bridgehead atoms. The van der Waals surface area contributed by atoms with Gasteiger partial charge in [0, 0.05) is 37.3 Å². The van der Waals surface area contributed by atoms with Crippen LogP contribution in [0.15, 0.2) is 30.5 Å². The van der Waals surface area contributed by atoms with Gasteiger partial charge in [0.05, 0.1) is 11.1 Å². The summed E-state index contributed by atoms with van der Waals surface area (Å²) in [6.07, 6.45) is 4.41. The van der Waals surface area contributed by atoms with E-state index in [2.05, 4.69) is 9.88 Å². The number of para-hydroxylation sites is 1. The second-order valence-electron chi connectivity index (χ2n) is 5.83. The van der Waals surface area contributed by atoms with Crippen molar-refractivity contribution in [2.24, 2.45) is 0 Å². The third-order valence-electron chi connectivity index (χ3n) is 4.69. The van der Waals surface area contributed by atoms with E-state index in [1.807, 2.05) is 35.4 Å². The van der Waals surface area contributed by atoms with Gasteiger partial charge in [-0.05, 0) is 31.5 Å². The van der Waals surface area contributed by atoms with E-state index in [0.717, 1.165) is 36.1 Å². The van der Waals surface area contributed by atoms with Crippen molar-refractivity contribution in [1.29, 1.82) is 0 Å². The van der Waals surface area contributed by atoms with Gasteiger partial charge in [-0.1, -0.05) is 12.1 Å². The molecule has 2 aromatic rings. The van der Waals surface area contributed by atoms with Crippen molar-refractivity contribution in [3.63, 3.8) is 0 Å². The summed E-state index contributed by atoms with van der Waals surface area (Å²) in [4.78, 5) is 20.5. The van der Waals surface area contributed by atoms with E-state index < -0.39 is 0 Å². The zero-order valence-electron chi connectivity index (χ0n) is 11.5. The molecule has 1 aromatic heterocycles. The summed E-state index contributed by atoms with van der Waals surface area (Å²) in [5.41, 5.74) is 1.77. The van der Waals surface area contributed by atoms with Crippen molar-refractivity contribution in [3.05, 3.63) is 36.0 Å². The predicted molar refractivity (Wildman–Crippen MR) is 78.8 cm³/mol. The Bertz CT molecular complexity index is 648. The topological polar surface area (TPSA) is 39.3 Å². The summed E-state index contributed by atoms with van der Waals surface area (Å²) >= 11 is 0. The van der Waals surface area contributed by atoms with Crippen LogP contribution in [0.1, 0.15) is 23.2 Å². The van der Waals surface area contributed by atoms with Crippen molar-refractivity contribution < 1.29 is 4.79 Å². The molecule has 3 heterocycles. The zero-order chi connectivity index (χ0) is 13.5. The number of piperazine rings is 1. The third kappa shape index (κ3) is 1.83. The predicted octanol–water partition coefficient (Wildman–Crippen LogP) is 2.09. The molecule has 2 saturated heterocycles. The highest BCUT2D eigenvalue weighted by Gasteiger charge is 2.33. The average Bonchev–Trinajstić information content (AvgIpc) is 3.13. The summed E-state index contributed by atoms with van der Waals surface area (Å²) < 4.78 is 0. The van der Waals surface area contributed by atoms with E-state index in [1.54, 1.807) is 0 Å². The summed E-state index contributed by atoms with van der Waals surface area (Å²) in [6, 6.07) is 8.53. The van der Waals surface area contributed by atoms with Crippen LogP contribution in [-0.4, -0.2) is 52.9 Å². The van der Waals surface area contributed by atoms with Crippen LogP contribution in [0.3, 0.4) is 0 Å². The fourth-order valence-corrected chi connectivity index (χ4v) is 3.61. The Hall–Kier alpha value is -1.81. The number of nitrogens with one attached hydrogen (secondary N) is 1. The molecule has 0 aliphatic carbocycles. The van der Waals surface area contributed by atoms with Gasteiger partial charge in [-0.25, -0.2) is 0 Å². The Kier molecular flexibility index (Phi) is 2.77. The number of fused-ring (bicyclic) bond motifs is 2. The molecule has 1 N–H and O–H groups in total. The molecule has 4 nitrogen and oxygen atoms in total. The van der Waals surface area contributed by atoms with Gasteiger partial charge in [-0.15, -0.1) is 0 Å². The first-order valence-corrected chi connectivity index (χ1v) is 7.42. The highest BCUT2D eigenvalue weighted by molar-refractivity contribution is 6.05. The van der Waals surface area contributed by atoms with E-state index >= 15 is 0 Å². The van der Waals surface area contributed by atoms with E-state index in [9.17, 15) is 4.79 Å². The Morgan fingerprint density at radius 2 is 2.15 bits per heavy atom. The SMILES string of the molecule is O=C(c1cccc2cc[nH]c12)N1CCN2CCCC2C1. The molecule has 2 aliphatic heterocycles. The smallest absolute Gasteiger partial charge is 0.256 e. The Morgan fingerprint density at radius 1 is 1.20 bits per heavy atom. The molecule has 1 amide bonds. The van der Waals surface area contributed by atoms with Crippen molar-refractivity contribution in [3.8, 4) is 0 Å². The minimum absolute atomic E-state index is 0.171. The minimum atomic E-state index is 0.171. The first kappa shape index (κ1) is 12.0. The highest BCUT2D eigenvalue weighted by atomic mass is 16.2. The number of aromatic nitrogens is 1. The molecule has 2 aliphatic rings. The van der Waals surface area contributed by atoms with Gasteiger partial charge in [-0.2, -0.15) is 0 Å². The van der Waals surface area contributed by atoms with Gasteiger partial charge in [-0.3, -0.25) is 9.69 Å². The molecule has 20 heavy (non-hydrogen) atoms. The van der Waals surface area contributed by atoms with Crippen molar-refractivity contribution in [1.82, 2.24) is 14.8 Å². The van der Waals surface area contributed by atoms with E-state index in [1.165, 1.54) is 19.4 Å². The number of carbonyl (C=O) groups excluding carboxylic acids is 1. The number of aromatic amines is 1. The van der Waals surface area contributed by atoms with Gasteiger partial charge in [0.2, 0.25) is 0 Å². The monoisotopic (exact) mass is 269 g/mol. The lowest BCUT2D eigenvalue weighted by atomic mass is 10.1. The lowest BCUT2D eigenvalue weighted by Crippen LogP contribution is -2.52. The first-order valence-electron chi connectivity index (χ1n) is 7.42. The van der Waals surface area contributed by atoms with Crippen LogP contribution in [0.2, 0.25) is 0 Å². The number of nitrogens with zero attached hydrogens (tertiary/aromatic N) is 2. The first-order chi connectivity index (χ1) is 9.83. The van der Waals surface area contributed by atoms with Gasteiger partial charge in [0.15, 0.2) is 0 Å². The fraction of sp³-hybridized carbons (Fsp3) is 0.438. The number of rotatable bonds is 1. The number of amides is 1. The highest BCUT2D eigenvalue weighted by Crippen LogP contribution is 2.24.